The third kappa shape index (κ3) is 1.83. The monoisotopic (exact) mass is 157 g/mol. The van der Waals surface area contributed by atoms with Gasteiger partial charge in [-0.05, 0) is 26.4 Å². The van der Waals surface area contributed by atoms with E-state index in [-0.39, 0.29) is 6.04 Å². The second-order valence-electron chi connectivity index (χ2n) is 3.02. The highest BCUT2D eigenvalue weighted by molar-refractivity contribution is 5.85. The van der Waals surface area contributed by atoms with Crippen molar-refractivity contribution in [3.05, 3.63) is 0 Å². The maximum atomic E-state index is 8.44. The van der Waals surface area contributed by atoms with Crippen LogP contribution in [0, 0.1) is 0 Å². The molecule has 0 amide bonds. The number of hydrogen-bond acceptors (Lipinski definition) is 3. The Morgan fingerprint density at radius 1 is 1.64 bits per heavy atom. The highest BCUT2D eigenvalue weighted by Gasteiger charge is 2.22. The van der Waals surface area contributed by atoms with Crippen LogP contribution in [-0.2, 0) is 0 Å². The maximum Gasteiger partial charge on any atom is 0.156 e. The predicted octanol–water partition coefficient (Wildman–Crippen LogP) is 0.217. The first-order chi connectivity index (χ1) is 5.25. The summed E-state index contributed by atoms with van der Waals surface area (Å²) in [6.45, 7) is 1.04. The van der Waals surface area contributed by atoms with Crippen LogP contribution in [0.25, 0.3) is 0 Å². The molecule has 4 nitrogen and oxygen atoms in total. The molecule has 0 aromatic rings. The minimum absolute atomic E-state index is 0.147. The van der Waals surface area contributed by atoms with Crippen molar-refractivity contribution < 1.29 is 5.21 Å². The second-order valence-corrected chi connectivity index (χ2v) is 3.02. The molecule has 0 radical (unpaired) electrons. The molecule has 1 aliphatic heterocycles. The Morgan fingerprint density at radius 2 is 2.36 bits per heavy atom. The van der Waals surface area contributed by atoms with E-state index in [1.54, 1.807) is 0 Å². The Morgan fingerprint density at radius 3 is 2.91 bits per heavy atom. The van der Waals surface area contributed by atoms with Crippen LogP contribution in [0.1, 0.15) is 19.3 Å². The number of likely N-dealkylation sites (tertiary alicyclic amines) is 1. The van der Waals surface area contributed by atoms with Crippen molar-refractivity contribution in [1.82, 2.24) is 4.90 Å². The van der Waals surface area contributed by atoms with Gasteiger partial charge in [0.15, 0.2) is 5.84 Å². The van der Waals surface area contributed by atoms with Gasteiger partial charge in [0.2, 0.25) is 0 Å². The molecule has 1 saturated heterocycles. The van der Waals surface area contributed by atoms with Gasteiger partial charge in [-0.3, -0.25) is 4.90 Å². The van der Waals surface area contributed by atoms with Crippen molar-refractivity contribution >= 4 is 5.84 Å². The zero-order chi connectivity index (χ0) is 8.27. The molecule has 1 rings (SSSR count). The largest absolute Gasteiger partial charge is 0.409 e. The normalized spacial score (nSPS) is 28.8. The van der Waals surface area contributed by atoms with Crippen LogP contribution >= 0.6 is 0 Å². The van der Waals surface area contributed by atoms with Crippen LogP contribution < -0.4 is 5.73 Å². The zero-order valence-corrected chi connectivity index (χ0v) is 6.82. The van der Waals surface area contributed by atoms with Crippen molar-refractivity contribution in [2.45, 2.75) is 25.3 Å². The van der Waals surface area contributed by atoms with E-state index in [0.717, 1.165) is 13.0 Å². The fourth-order valence-electron chi connectivity index (χ4n) is 1.52. The lowest BCUT2D eigenvalue weighted by atomic mass is 10.0. The SMILES string of the molecule is CN1CCCCC1/C(N)=N/O. The van der Waals surface area contributed by atoms with Crippen molar-refractivity contribution in [2.75, 3.05) is 13.6 Å². The van der Waals surface area contributed by atoms with E-state index in [2.05, 4.69) is 10.1 Å². The Kier molecular flexibility index (Phi) is 2.70. The molecule has 0 spiro atoms. The molecule has 0 saturated carbocycles. The number of hydrogen-bond donors (Lipinski definition) is 2. The van der Waals surface area contributed by atoms with Gasteiger partial charge in [-0.2, -0.15) is 0 Å². The summed E-state index contributed by atoms with van der Waals surface area (Å²) in [6.07, 6.45) is 3.39. The van der Waals surface area contributed by atoms with Gasteiger partial charge in [-0.15, -0.1) is 0 Å². The van der Waals surface area contributed by atoms with Crippen LogP contribution in [0.5, 0.6) is 0 Å². The summed E-state index contributed by atoms with van der Waals surface area (Å²) in [5.74, 6) is 0.340. The van der Waals surface area contributed by atoms with Gasteiger partial charge in [-0.25, -0.2) is 0 Å². The van der Waals surface area contributed by atoms with Crippen LogP contribution in [0.3, 0.4) is 0 Å². The average molecular weight is 157 g/mol. The summed E-state index contributed by atoms with van der Waals surface area (Å²) in [6, 6.07) is 0.147. The Labute approximate surface area is 66.7 Å². The summed E-state index contributed by atoms with van der Waals surface area (Å²) < 4.78 is 0. The van der Waals surface area contributed by atoms with Gasteiger partial charge in [0, 0.05) is 0 Å². The molecule has 1 heterocycles. The summed E-state index contributed by atoms with van der Waals surface area (Å²) in [4.78, 5) is 2.12. The summed E-state index contributed by atoms with van der Waals surface area (Å²) in [5.41, 5.74) is 5.50. The lowest BCUT2D eigenvalue weighted by Crippen LogP contribution is -2.45. The van der Waals surface area contributed by atoms with Gasteiger partial charge in [0.1, 0.15) is 0 Å². The van der Waals surface area contributed by atoms with Crippen molar-refractivity contribution in [3.63, 3.8) is 0 Å². The average Bonchev–Trinajstić information content (AvgIpc) is 2.04. The molecule has 11 heavy (non-hydrogen) atoms. The number of likely N-dealkylation sites (N-methyl/N-ethyl adjacent to an activating group) is 1. The lowest BCUT2D eigenvalue weighted by molar-refractivity contribution is 0.226. The Balaban J connectivity index is 2.54. The molecule has 1 aliphatic rings. The van der Waals surface area contributed by atoms with E-state index < -0.39 is 0 Å². The topological polar surface area (TPSA) is 61.8 Å². The molecule has 0 aliphatic carbocycles. The summed E-state index contributed by atoms with van der Waals surface area (Å²) in [5, 5.41) is 11.5. The van der Waals surface area contributed by atoms with E-state index in [1.807, 2.05) is 7.05 Å². The quantitative estimate of drug-likeness (QED) is 0.248. The van der Waals surface area contributed by atoms with Crippen LogP contribution in [0.2, 0.25) is 0 Å². The number of rotatable bonds is 1. The second kappa shape index (κ2) is 3.57. The summed E-state index contributed by atoms with van der Waals surface area (Å²) in [7, 11) is 2.00. The highest BCUT2D eigenvalue weighted by atomic mass is 16.4. The van der Waals surface area contributed by atoms with Crippen LogP contribution in [-0.4, -0.2) is 35.6 Å². The smallest absolute Gasteiger partial charge is 0.156 e. The number of nitrogens with two attached hydrogens (primary N) is 1. The van der Waals surface area contributed by atoms with E-state index in [0.29, 0.717) is 5.84 Å². The first-order valence-corrected chi connectivity index (χ1v) is 3.93. The summed E-state index contributed by atoms with van der Waals surface area (Å²) >= 11 is 0. The van der Waals surface area contributed by atoms with Gasteiger partial charge in [0.25, 0.3) is 0 Å². The number of nitrogens with zero attached hydrogens (tertiary/aromatic N) is 2. The molecule has 0 aromatic carbocycles. The van der Waals surface area contributed by atoms with Gasteiger partial charge >= 0.3 is 0 Å². The molecule has 0 bridgehead atoms. The molecule has 1 atom stereocenters. The zero-order valence-electron chi connectivity index (χ0n) is 6.82. The molecular weight excluding hydrogens is 142 g/mol. The van der Waals surface area contributed by atoms with E-state index in [1.165, 1.54) is 12.8 Å². The molecule has 0 aromatic heterocycles. The standard InChI is InChI=1S/C7H15N3O/c1-10-5-3-2-4-6(10)7(8)9-11/h6,11H,2-5H2,1H3,(H2,8,9). The van der Waals surface area contributed by atoms with Gasteiger partial charge in [-0.1, -0.05) is 11.6 Å². The van der Waals surface area contributed by atoms with E-state index >= 15 is 0 Å². The van der Waals surface area contributed by atoms with Crippen molar-refractivity contribution in [2.24, 2.45) is 10.9 Å². The van der Waals surface area contributed by atoms with E-state index in [9.17, 15) is 0 Å². The Hall–Kier alpha value is -0.770. The number of amidine groups is 1. The minimum Gasteiger partial charge on any atom is -0.409 e. The molecule has 64 valence electrons. The molecular formula is C7H15N3O. The van der Waals surface area contributed by atoms with E-state index in [4.69, 9.17) is 10.9 Å². The molecule has 1 fully saturated rings. The first kappa shape index (κ1) is 8.33. The first-order valence-electron chi connectivity index (χ1n) is 3.93. The van der Waals surface area contributed by atoms with Gasteiger partial charge in [0.05, 0.1) is 6.04 Å². The molecule has 1 unspecified atom stereocenters. The van der Waals surface area contributed by atoms with Crippen LogP contribution in [0.4, 0.5) is 0 Å². The molecule has 3 N–H and O–H groups in total. The third-order valence-corrected chi connectivity index (χ3v) is 2.23. The third-order valence-electron chi connectivity index (χ3n) is 2.23. The van der Waals surface area contributed by atoms with Crippen molar-refractivity contribution in [3.8, 4) is 0 Å². The lowest BCUT2D eigenvalue weighted by Gasteiger charge is -2.30. The number of piperidine rings is 1. The fraction of sp³-hybridized carbons (Fsp3) is 0.857. The van der Waals surface area contributed by atoms with Crippen molar-refractivity contribution in [1.29, 1.82) is 0 Å². The minimum atomic E-state index is 0.147. The maximum absolute atomic E-state index is 8.44. The fourth-order valence-corrected chi connectivity index (χ4v) is 1.52. The van der Waals surface area contributed by atoms with Gasteiger partial charge < -0.3 is 10.9 Å². The Bertz CT molecular complexity index is 158. The highest BCUT2D eigenvalue weighted by Crippen LogP contribution is 2.14. The predicted molar refractivity (Wildman–Crippen MR) is 43.7 cm³/mol. The van der Waals surface area contributed by atoms with Crippen LogP contribution in [0.15, 0.2) is 5.16 Å². The number of oxime groups is 1. The molecule has 4 heteroatoms.